The summed E-state index contributed by atoms with van der Waals surface area (Å²) in [6.07, 6.45) is 0.0695. The van der Waals surface area contributed by atoms with Crippen LogP contribution in [-0.2, 0) is 9.53 Å². The monoisotopic (exact) mass is 247 g/mol. The second-order valence-electron chi connectivity index (χ2n) is 4.58. The van der Waals surface area contributed by atoms with E-state index >= 15 is 0 Å². The zero-order valence-electron chi connectivity index (χ0n) is 10.6. The summed E-state index contributed by atoms with van der Waals surface area (Å²) < 4.78 is 5.17. The average molecular weight is 247 g/mol. The summed E-state index contributed by atoms with van der Waals surface area (Å²) >= 11 is 0. The Balaban J connectivity index is 2.89. The van der Waals surface area contributed by atoms with Crippen LogP contribution in [0, 0.1) is 0 Å². The number of carbonyl (C=O) groups excluding carboxylic acids is 2. The van der Waals surface area contributed by atoms with Crippen molar-refractivity contribution >= 4 is 11.8 Å². The number of ketones is 1. The molecule has 0 fully saturated rings. The van der Waals surface area contributed by atoms with Gasteiger partial charge >= 0.3 is 5.97 Å². The fourth-order valence-corrected chi connectivity index (χ4v) is 1.43. The number of carbonyl (C=O) groups is 2. The topological polar surface area (TPSA) is 69.4 Å². The van der Waals surface area contributed by atoms with Crippen molar-refractivity contribution in [1.29, 1.82) is 0 Å². The molecule has 0 aliphatic heterocycles. The van der Waals surface area contributed by atoms with Crippen LogP contribution in [0.1, 0.15) is 24.2 Å². The summed E-state index contributed by atoms with van der Waals surface area (Å²) in [6.45, 7) is 6.62. The molecule has 96 valence electrons. The van der Waals surface area contributed by atoms with Gasteiger partial charge in [-0.15, -0.1) is 0 Å². The van der Waals surface area contributed by atoms with E-state index in [0.29, 0.717) is 5.56 Å². The number of benzene rings is 1. The molecule has 4 heteroatoms. The van der Waals surface area contributed by atoms with Crippen molar-refractivity contribution in [1.82, 2.24) is 0 Å². The fourth-order valence-electron chi connectivity index (χ4n) is 1.43. The number of hydrogen-bond acceptors (Lipinski definition) is 4. The molecule has 2 N–H and O–H groups in total. The van der Waals surface area contributed by atoms with E-state index in [2.05, 4.69) is 6.58 Å². The molecule has 0 amide bonds. The highest BCUT2D eigenvalue weighted by Gasteiger charge is 2.34. The summed E-state index contributed by atoms with van der Waals surface area (Å²) in [5, 5.41) is 0. The maximum atomic E-state index is 11.9. The summed E-state index contributed by atoms with van der Waals surface area (Å²) in [4.78, 5) is 23.5. The van der Waals surface area contributed by atoms with Crippen LogP contribution in [0.5, 0.6) is 0 Å². The summed E-state index contributed by atoms with van der Waals surface area (Å²) in [7, 11) is 0. The Labute approximate surface area is 106 Å². The molecule has 18 heavy (non-hydrogen) atoms. The van der Waals surface area contributed by atoms with Gasteiger partial charge < -0.3 is 10.5 Å². The minimum atomic E-state index is -1.04. The third kappa shape index (κ3) is 3.53. The van der Waals surface area contributed by atoms with Gasteiger partial charge in [-0.25, -0.2) is 4.79 Å². The molecule has 4 nitrogen and oxygen atoms in total. The van der Waals surface area contributed by atoms with Crippen LogP contribution in [0.2, 0.25) is 0 Å². The number of rotatable bonds is 5. The maximum Gasteiger partial charge on any atom is 0.338 e. The quantitative estimate of drug-likeness (QED) is 0.635. The molecule has 0 saturated heterocycles. The van der Waals surface area contributed by atoms with Crippen molar-refractivity contribution < 1.29 is 14.3 Å². The molecule has 0 saturated carbocycles. The van der Waals surface area contributed by atoms with Crippen LogP contribution < -0.4 is 5.73 Å². The zero-order valence-corrected chi connectivity index (χ0v) is 10.6. The molecular weight excluding hydrogens is 230 g/mol. The lowest BCUT2D eigenvalue weighted by Crippen LogP contribution is -2.51. The highest BCUT2D eigenvalue weighted by atomic mass is 16.5. The van der Waals surface area contributed by atoms with Crippen molar-refractivity contribution in [2.24, 2.45) is 5.73 Å². The zero-order chi connectivity index (χ0) is 13.8. The van der Waals surface area contributed by atoms with Gasteiger partial charge in [0.25, 0.3) is 0 Å². The first-order valence-electron chi connectivity index (χ1n) is 5.57. The maximum absolute atomic E-state index is 11.9. The molecular formula is C14H17NO3. The standard InChI is InChI=1S/C14H17NO3/c1-4-11(16)12(14(2,3)15)18-13(17)10-8-6-5-7-9-10/h4-9,12H,1,15H2,2-3H3. The lowest BCUT2D eigenvalue weighted by Gasteiger charge is -2.28. The van der Waals surface area contributed by atoms with Gasteiger partial charge in [-0.2, -0.15) is 0 Å². The lowest BCUT2D eigenvalue weighted by molar-refractivity contribution is -0.125. The van der Waals surface area contributed by atoms with Crippen LogP contribution in [0.15, 0.2) is 43.0 Å². The lowest BCUT2D eigenvalue weighted by atomic mass is 9.95. The molecule has 1 unspecified atom stereocenters. The molecule has 0 aromatic heterocycles. The number of esters is 1. The van der Waals surface area contributed by atoms with Crippen LogP contribution in [0.25, 0.3) is 0 Å². The second kappa shape index (κ2) is 5.60. The molecule has 1 atom stereocenters. The Morgan fingerprint density at radius 1 is 1.33 bits per heavy atom. The summed E-state index contributed by atoms with van der Waals surface area (Å²) in [5.74, 6) is -0.985. The van der Waals surface area contributed by atoms with Crippen LogP contribution in [0.4, 0.5) is 0 Å². The minimum Gasteiger partial charge on any atom is -0.448 e. The van der Waals surface area contributed by atoms with E-state index in [-0.39, 0.29) is 0 Å². The molecule has 0 spiro atoms. The fraction of sp³-hybridized carbons (Fsp3) is 0.286. The van der Waals surface area contributed by atoms with Crippen molar-refractivity contribution in [3.63, 3.8) is 0 Å². The second-order valence-corrected chi connectivity index (χ2v) is 4.58. The van der Waals surface area contributed by atoms with Gasteiger partial charge in [-0.1, -0.05) is 24.8 Å². The van der Waals surface area contributed by atoms with Gasteiger partial charge in [-0.3, -0.25) is 4.79 Å². The Hall–Kier alpha value is -1.94. The van der Waals surface area contributed by atoms with Gasteiger partial charge in [0.05, 0.1) is 11.1 Å². The molecule has 0 bridgehead atoms. The Morgan fingerprint density at radius 3 is 2.33 bits per heavy atom. The van der Waals surface area contributed by atoms with E-state index in [4.69, 9.17) is 10.5 Å². The molecule has 0 radical (unpaired) electrons. The molecule has 0 heterocycles. The normalized spacial score (nSPS) is 12.6. The Kier molecular flexibility index (Phi) is 4.39. The number of nitrogens with two attached hydrogens (primary N) is 1. The predicted octanol–water partition coefficient (Wildman–Crippen LogP) is 1.70. The van der Waals surface area contributed by atoms with E-state index in [1.54, 1.807) is 44.2 Å². The van der Waals surface area contributed by atoms with Crippen molar-refractivity contribution in [3.8, 4) is 0 Å². The molecule has 0 aliphatic carbocycles. The third-order valence-corrected chi connectivity index (χ3v) is 2.37. The molecule has 1 rings (SSSR count). The van der Waals surface area contributed by atoms with E-state index < -0.39 is 23.4 Å². The van der Waals surface area contributed by atoms with Crippen molar-refractivity contribution in [2.75, 3.05) is 0 Å². The largest absolute Gasteiger partial charge is 0.448 e. The van der Waals surface area contributed by atoms with Gasteiger partial charge in [0.1, 0.15) is 0 Å². The van der Waals surface area contributed by atoms with Crippen LogP contribution in [-0.4, -0.2) is 23.4 Å². The Bertz CT molecular complexity index is 446. The molecule has 0 aliphatic rings. The first-order chi connectivity index (χ1) is 8.36. The van der Waals surface area contributed by atoms with Gasteiger partial charge in [-0.05, 0) is 32.1 Å². The minimum absolute atomic E-state index is 0.378. The summed E-state index contributed by atoms with van der Waals surface area (Å²) in [5.41, 5.74) is 5.25. The highest BCUT2D eigenvalue weighted by molar-refractivity contribution is 5.97. The number of hydrogen-bond donors (Lipinski definition) is 1. The Morgan fingerprint density at radius 2 is 1.89 bits per heavy atom. The summed E-state index contributed by atoms with van der Waals surface area (Å²) in [6, 6.07) is 8.45. The molecule has 1 aromatic carbocycles. The van der Waals surface area contributed by atoms with Crippen LogP contribution in [0.3, 0.4) is 0 Å². The van der Waals surface area contributed by atoms with Crippen LogP contribution >= 0.6 is 0 Å². The van der Waals surface area contributed by atoms with Gasteiger partial charge in [0.15, 0.2) is 11.9 Å². The van der Waals surface area contributed by atoms with E-state index in [9.17, 15) is 9.59 Å². The highest BCUT2D eigenvalue weighted by Crippen LogP contribution is 2.14. The van der Waals surface area contributed by atoms with Gasteiger partial charge in [0, 0.05) is 0 Å². The smallest absolute Gasteiger partial charge is 0.338 e. The SMILES string of the molecule is C=CC(=O)C(OC(=O)c1ccccc1)C(C)(C)N. The average Bonchev–Trinajstić information content (AvgIpc) is 2.34. The van der Waals surface area contributed by atoms with E-state index in [1.807, 2.05) is 0 Å². The molecule has 1 aromatic rings. The van der Waals surface area contributed by atoms with Gasteiger partial charge in [0.2, 0.25) is 0 Å². The first kappa shape index (κ1) is 14.1. The number of ether oxygens (including phenoxy) is 1. The predicted molar refractivity (Wildman–Crippen MR) is 69.1 cm³/mol. The van der Waals surface area contributed by atoms with Crippen molar-refractivity contribution in [3.05, 3.63) is 48.6 Å². The van der Waals surface area contributed by atoms with E-state index in [0.717, 1.165) is 6.08 Å². The third-order valence-electron chi connectivity index (χ3n) is 2.37. The van der Waals surface area contributed by atoms with Crippen molar-refractivity contribution in [2.45, 2.75) is 25.5 Å². The first-order valence-corrected chi connectivity index (χ1v) is 5.57. The van der Waals surface area contributed by atoms with E-state index in [1.165, 1.54) is 0 Å².